The van der Waals surface area contributed by atoms with E-state index in [0.717, 1.165) is 21.2 Å². The van der Waals surface area contributed by atoms with Gasteiger partial charge in [-0.3, -0.25) is 9.59 Å². The van der Waals surface area contributed by atoms with Crippen LogP contribution in [0.4, 0.5) is 5.69 Å². The van der Waals surface area contributed by atoms with E-state index >= 15 is 0 Å². The SMILES string of the molecule is CCOC(=O)Cc1csc(S[C@@H](C)C(=O)Nc2c(C)cccc2C)n1. The van der Waals surface area contributed by atoms with Crippen molar-refractivity contribution >= 4 is 40.7 Å². The number of nitrogens with one attached hydrogen (secondary N) is 1. The van der Waals surface area contributed by atoms with Gasteiger partial charge in [-0.25, -0.2) is 4.98 Å². The van der Waals surface area contributed by atoms with E-state index in [4.69, 9.17) is 4.74 Å². The molecule has 0 spiro atoms. The summed E-state index contributed by atoms with van der Waals surface area (Å²) in [6.07, 6.45) is 0.161. The Labute approximate surface area is 156 Å². The average Bonchev–Trinajstić information content (AvgIpc) is 2.97. The maximum atomic E-state index is 12.5. The number of anilines is 1. The van der Waals surface area contributed by atoms with Gasteiger partial charge in [-0.05, 0) is 38.8 Å². The van der Waals surface area contributed by atoms with E-state index in [-0.39, 0.29) is 23.5 Å². The Kier molecular flexibility index (Phi) is 7.01. The summed E-state index contributed by atoms with van der Waals surface area (Å²) in [6.45, 7) is 7.93. The molecule has 1 heterocycles. The molecule has 0 aliphatic carbocycles. The lowest BCUT2D eigenvalue weighted by molar-refractivity contribution is -0.142. The number of carbonyl (C=O) groups is 2. The fraction of sp³-hybridized carbons (Fsp3) is 0.389. The first-order chi connectivity index (χ1) is 11.9. The second-order valence-electron chi connectivity index (χ2n) is 5.60. The second-order valence-corrected chi connectivity index (χ2v) is 8.05. The first-order valence-electron chi connectivity index (χ1n) is 8.04. The third-order valence-corrected chi connectivity index (χ3v) is 5.66. The van der Waals surface area contributed by atoms with E-state index in [1.807, 2.05) is 44.4 Å². The van der Waals surface area contributed by atoms with Crippen molar-refractivity contribution in [3.63, 3.8) is 0 Å². The largest absolute Gasteiger partial charge is 0.466 e. The van der Waals surface area contributed by atoms with Gasteiger partial charge in [-0.2, -0.15) is 0 Å². The highest BCUT2D eigenvalue weighted by Crippen LogP contribution is 2.28. The molecule has 0 fully saturated rings. The molecule has 1 amide bonds. The third kappa shape index (κ3) is 5.57. The van der Waals surface area contributed by atoms with Crippen molar-refractivity contribution in [2.24, 2.45) is 0 Å². The van der Waals surface area contributed by atoms with E-state index < -0.39 is 0 Å². The molecule has 0 aliphatic rings. The summed E-state index contributed by atoms with van der Waals surface area (Å²) < 4.78 is 5.69. The van der Waals surface area contributed by atoms with Gasteiger partial charge in [0, 0.05) is 11.1 Å². The Morgan fingerprint density at radius 3 is 2.64 bits per heavy atom. The van der Waals surface area contributed by atoms with Gasteiger partial charge in [0.25, 0.3) is 0 Å². The minimum Gasteiger partial charge on any atom is -0.466 e. The van der Waals surface area contributed by atoms with Gasteiger partial charge in [0.15, 0.2) is 4.34 Å². The topological polar surface area (TPSA) is 68.3 Å². The molecular weight excluding hydrogens is 356 g/mol. The molecule has 134 valence electrons. The van der Waals surface area contributed by atoms with Crippen LogP contribution < -0.4 is 5.32 Å². The lowest BCUT2D eigenvalue weighted by Crippen LogP contribution is -2.23. The van der Waals surface area contributed by atoms with Gasteiger partial charge >= 0.3 is 5.97 Å². The summed E-state index contributed by atoms with van der Waals surface area (Å²) in [5.74, 6) is -0.352. The minimum absolute atomic E-state index is 0.0652. The Hall–Kier alpha value is -1.86. The Bertz CT molecular complexity index is 738. The van der Waals surface area contributed by atoms with Crippen molar-refractivity contribution in [2.75, 3.05) is 11.9 Å². The van der Waals surface area contributed by atoms with Crippen molar-refractivity contribution in [1.29, 1.82) is 0 Å². The van der Waals surface area contributed by atoms with Crippen LogP contribution in [0.5, 0.6) is 0 Å². The summed E-state index contributed by atoms with van der Waals surface area (Å²) in [7, 11) is 0. The number of benzene rings is 1. The standard InChI is InChI=1S/C18H22N2O3S2/c1-5-23-15(21)9-14-10-24-18(19-14)25-13(4)17(22)20-16-11(2)7-6-8-12(16)3/h6-8,10,13H,5,9H2,1-4H3,(H,20,22)/t13-/m0/s1. The lowest BCUT2D eigenvalue weighted by Gasteiger charge is -2.14. The molecule has 0 aliphatic heterocycles. The van der Waals surface area contributed by atoms with Crippen LogP contribution in [0, 0.1) is 13.8 Å². The number of amides is 1. The number of thioether (sulfide) groups is 1. The maximum absolute atomic E-state index is 12.5. The van der Waals surface area contributed by atoms with Crippen LogP contribution in [0.15, 0.2) is 27.9 Å². The van der Waals surface area contributed by atoms with Gasteiger partial charge in [0.1, 0.15) is 0 Å². The van der Waals surface area contributed by atoms with E-state index in [1.54, 1.807) is 6.92 Å². The molecule has 2 rings (SSSR count). The molecule has 0 unspecified atom stereocenters. The highest BCUT2D eigenvalue weighted by atomic mass is 32.2. The van der Waals surface area contributed by atoms with Crippen molar-refractivity contribution < 1.29 is 14.3 Å². The average molecular weight is 379 g/mol. The van der Waals surface area contributed by atoms with Crippen LogP contribution in [-0.2, 0) is 20.7 Å². The molecule has 25 heavy (non-hydrogen) atoms. The Morgan fingerprint density at radius 2 is 2.00 bits per heavy atom. The number of aromatic nitrogens is 1. The quantitative estimate of drug-likeness (QED) is 0.583. The zero-order valence-corrected chi connectivity index (χ0v) is 16.4. The number of nitrogens with zero attached hydrogens (tertiary/aromatic N) is 1. The molecule has 1 aromatic carbocycles. The number of ether oxygens (including phenoxy) is 1. The van der Waals surface area contributed by atoms with Gasteiger partial charge in [0.2, 0.25) is 5.91 Å². The zero-order chi connectivity index (χ0) is 18.4. The molecular formula is C18H22N2O3S2. The fourth-order valence-electron chi connectivity index (χ4n) is 2.22. The molecule has 1 N–H and O–H groups in total. The van der Waals surface area contributed by atoms with Crippen LogP contribution in [0.25, 0.3) is 0 Å². The summed E-state index contributed by atoms with van der Waals surface area (Å²) in [6, 6.07) is 5.92. The third-order valence-electron chi connectivity index (χ3n) is 3.54. The van der Waals surface area contributed by atoms with Crippen LogP contribution in [0.1, 0.15) is 30.7 Å². The monoisotopic (exact) mass is 378 g/mol. The van der Waals surface area contributed by atoms with E-state index in [0.29, 0.717) is 12.3 Å². The predicted octanol–water partition coefficient (Wildman–Crippen LogP) is 3.98. The summed E-state index contributed by atoms with van der Waals surface area (Å²) in [4.78, 5) is 28.4. The first kappa shape index (κ1) is 19.5. The minimum atomic E-state index is -0.291. The second kappa shape index (κ2) is 9.01. The normalized spacial score (nSPS) is 11.8. The van der Waals surface area contributed by atoms with E-state index in [1.165, 1.54) is 23.1 Å². The van der Waals surface area contributed by atoms with Crippen LogP contribution in [-0.4, -0.2) is 28.7 Å². The Morgan fingerprint density at radius 1 is 1.32 bits per heavy atom. The molecule has 2 aromatic rings. The molecule has 0 saturated heterocycles. The van der Waals surface area contributed by atoms with Crippen molar-refractivity contribution in [1.82, 2.24) is 4.98 Å². The summed E-state index contributed by atoms with van der Waals surface area (Å²) in [5, 5.41) is 4.53. The van der Waals surface area contributed by atoms with Crippen LogP contribution in [0.2, 0.25) is 0 Å². The molecule has 5 nitrogen and oxygen atoms in total. The smallest absolute Gasteiger partial charge is 0.311 e. The highest BCUT2D eigenvalue weighted by molar-refractivity contribution is 8.02. The molecule has 1 atom stereocenters. The summed E-state index contributed by atoms with van der Waals surface area (Å²) >= 11 is 2.82. The highest BCUT2D eigenvalue weighted by Gasteiger charge is 2.18. The predicted molar refractivity (Wildman–Crippen MR) is 102 cm³/mol. The zero-order valence-electron chi connectivity index (χ0n) is 14.8. The number of thiazole rings is 1. The van der Waals surface area contributed by atoms with Gasteiger partial charge in [-0.15, -0.1) is 11.3 Å². The number of esters is 1. The molecule has 0 radical (unpaired) electrons. The number of rotatable bonds is 7. The van der Waals surface area contributed by atoms with Crippen molar-refractivity contribution in [3.8, 4) is 0 Å². The van der Waals surface area contributed by atoms with E-state index in [9.17, 15) is 9.59 Å². The number of para-hydroxylation sites is 1. The fourth-order valence-corrected chi connectivity index (χ4v) is 4.21. The van der Waals surface area contributed by atoms with Gasteiger partial charge < -0.3 is 10.1 Å². The van der Waals surface area contributed by atoms with Crippen LogP contribution in [0.3, 0.4) is 0 Å². The van der Waals surface area contributed by atoms with Crippen molar-refractivity contribution in [3.05, 3.63) is 40.4 Å². The molecule has 0 saturated carbocycles. The van der Waals surface area contributed by atoms with Gasteiger partial charge in [-0.1, -0.05) is 30.0 Å². The number of hydrogen-bond acceptors (Lipinski definition) is 6. The van der Waals surface area contributed by atoms with Gasteiger partial charge in [0.05, 0.1) is 24.0 Å². The van der Waals surface area contributed by atoms with E-state index in [2.05, 4.69) is 10.3 Å². The van der Waals surface area contributed by atoms with Crippen molar-refractivity contribution in [2.45, 2.75) is 43.7 Å². The van der Waals surface area contributed by atoms with Crippen LogP contribution >= 0.6 is 23.1 Å². The number of carbonyl (C=O) groups excluding carboxylic acids is 2. The number of aryl methyl sites for hydroxylation is 2. The summed E-state index contributed by atoms with van der Waals surface area (Å²) in [5.41, 5.74) is 3.61. The number of hydrogen-bond donors (Lipinski definition) is 1. The molecule has 7 heteroatoms. The first-order valence-corrected chi connectivity index (χ1v) is 9.80. The molecule has 1 aromatic heterocycles. The Balaban J connectivity index is 1.95. The maximum Gasteiger partial charge on any atom is 0.311 e. The lowest BCUT2D eigenvalue weighted by atomic mass is 10.1. The molecule has 0 bridgehead atoms.